The molecule has 2 aromatic rings. The second-order valence-corrected chi connectivity index (χ2v) is 5.52. The Hall–Kier alpha value is -1.72. The van der Waals surface area contributed by atoms with Crippen LogP contribution in [0.4, 0.5) is 4.39 Å². The molecular weight excluding hydrogens is 291 g/mol. The van der Waals surface area contributed by atoms with Gasteiger partial charge in [0, 0.05) is 16.7 Å². The van der Waals surface area contributed by atoms with Gasteiger partial charge >= 0.3 is 0 Å². The molecule has 0 saturated heterocycles. The summed E-state index contributed by atoms with van der Waals surface area (Å²) in [6.07, 6.45) is -0.663. The van der Waals surface area contributed by atoms with Gasteiger partial charge in [-0.1, -0.05) is 0 Å². The van der Waals surface area contributed by atoms with Crippen molar-refractivity contribution >= 4 is 11.8 Å². The fraction of sp³-hybridized carbons (Fsp3) is 0.250. The van der Waals surface area contributed by atoms with E-state index in [4.69, 9.17) is 9.47 Å². The monoisotopic (exact) mass is 308 g/mol. The minimum Gasteiger partial charge on any atom is -0.497 e. The van der Waals surface area contributed by atoms with Crippen molar-refractivity contribution in [3.8, 4) is 11.5 Å². The van der Waals surface area contributed by atoms with Gasteiger partial charge in [-0.3, -0.25) is 0 Å². The lowest BCUT2D eigenvalue weighted by Crippen LogP contribution is -2.02. The van der Waals surface area contributed by atoms with E-state index >= 15 is 0 Å². The Labute approximate surface area is 127 Å². The standard InChI is InChI=1S/C16H17FO3S/c1-19-13-7-11(8-14(9-13)20-2)16(18)10-21-15-5-3-12(17)4-6-15/h3-9,16,18H,10H2,1-2H3. The molecule has 1 N–H and O–H groups in total. The van der Waals surface area contributed by atoms with Crippen molar-refractivity contribution in [1.82, 2.24) is 0 Å². The molecule has 0 fully saturated rings. The topological polar surface area (TPSA) is 38.7 Å². The Morgan fingerprint density at radius 1 is 1.05 bits per heavy atom. The molecule has 112 valence electrons. The molecule has 1 unspecified atom stereocenters. The predicted octanol–water partition coefficient (Wildman–Crippen LogP) is 3.67. The summed E-state index contributed by atoms with van der Waals surface area (Å²) in [7, 11) is 3.14. The Balaban J connectivity index is 2.05. The number of ether oxygens (including phenoxy) is 2. The van der Waals surface area contributed by atoms with E-state index in [9.17, 15) is 9.50 Å². The van der Waals surface area contributed by atoms with Crippen molar-refractivity contribution in [2.45, 2.75) is 11.0 Å². The van der Waals surface area contributed by atoms with Crippen LogP contribution in [0.2, 0.25) is 0 Å². The molecule has 0 aliphatic rings. The zero-order valence-electron chi connectivity index (χ0n) is 11.9. The number of hydrogen-bond acceptors (Lipinski definition) is 4. The largest absolute Gasteiger partial charge is 0.497 e. The number of benzene rings is 2. The molecule has 0 aliphatic heterocycles. The van der Waals surface area contributed by atoms with Crippen molar-refractivity contribution in [1.29, 1.82) is 0 Å². The quantitative estimate of drug-likeness (QED) is 0.827. The lowest BCUT2D eigenvalue weighted by atomic mass is 10.1. The maximum Gasteiger partial charge on any atom is 0.123 e. The number of hydrogen-bond donors (Lipinski definition) is 1. The van der Waals surface area contributed by atoms with Gasteiger partial charge in [-0.2, -0.15) is 0 Å². The molecule has 0 spiro atoms. The predicted molar refractivity (Wildman–Crippen MR) is 81.6 cm³/mol. The number of methoxy groups -OCH3 is 2. The Bertz CT molecular complexity index is 564. The molecule has 0 aliphatic carbocycles. The van der Waals surface area contributed by atoms with Gasteiger partial charge < -0.3 is 14.6 Å². The first-order valence-electron chi connectivity index (χ1n) is 6.42. The molecular formula is C16H17FO3S. The summed E-state index contributed by atoms with van der Waals surface area (Å²) >= 11 is 1.46. The van der Waals surface area contributed by atoms with E-state index < -0.39 is 6.10 Å². The van der Waals surface area contributed by atoms with Gasteiger partial charge in [0.1, 0.15) is 17.3 Å². The summed E-state index contributed by atoms with van der Waals surface area (Å²) in [4.78, 5) is 0.908. The van der Waals surface area contributed by atoms with Crippen LogP contribution in [0.15, 0.2) is 47.4 Å². The lowest BCUT2D eigenvalue weighted by molar-refractivity contribution is 0.203. The van der Waals surface area contributed by atoms with Gasteiger partial charge in [0.05, 0.1) is 20.3 Å². The van der Waals surface area contributed by atoms with Crippen LogP contribution < -0.4 is 9.47 Å². The van der Waals surface area contributed by atoms with E-state index in [2.05, 4.69) is 0 Å². The number of halogens is 1. The molecule has 2 rings (SSSR count). The number of rotatable bonds is 6. The summed E-state index contributed by atoms with van der Waals surface area (Å²) in [6, 6.07) is 11.5. The van der Waals surface area contributed by atoms with Gasteiger partial charge in [-0.15, -0.1) is 11.8 Å². The van der Waals surface area contributed by atoms with Gasteiger partial charge in [0.25, 0.3) is 0 Å². The normalized spacial score (nSPS) is 12.0. The molecule has 0 bridgehead atoms. The maximum absolute atomic E-state index is 12.8. The van der Waals surface area contributed by atoms with Crippen LogP contribution in [0, 0.1) is 5.82 Å². The van der Waals surface area contributed by atoms with Crippen molar-refractivity contribution < 1.29 is 19.0 Å². The van der Waals surface area contributed by atoms with E-state index in [-0.39, 0.29) is 5.82 Å². The average Bonchev–Trinajstić information content (AvgIpc) is 2.53. The van der Waals surface area contributed by atoms with Crippen LogP contribution in [0.1, 0.15) is 11.7 Å². The zero-order valence-corrected chi connectivity index (χ0v) is 12.7. The summed E-state index contributed by atoms with van der Waals surface area (Å²) in [5, 5.41) is 10.3. The van der Waals surface area contributed by atoms with Gasteiger partial charge in [-0.05, 0) is 42.0 Å². The number of thioether (sulfide) groups is 1. The molecule has 2 aromatic carbocycles. The highest BCUT2D eigenvalue weighted by molar-refractivity contribution is 7.99. The molecule has 0 amide bonds. The van der Waals surface area contributed by atoms with Crippen LogP contribution in [-0.4, -0.2) is 25.1 Å². The first-order valence-corrected chi connectivity index (χ1v) is 7.40. The highest BCUT2D eigenvalue weighted by atomic mass is 32.2. The number of aliphatic hydroxyl groups is 1. The van der Waals surface area contributed by atoms with Crippen molar-refractivity contribution in [3.05, 3.63) is 53.8 Å². The van der Waals surface area contributed by atoms with Crippen LogP contribution in [0.3, 0.4) is 0 Å². The van der Waals surface area contributed by atoms with Crippen LogP contribution >= 0.6 is 11.8 Å². The van der Waals surface area contributed by atoms with E-state index in [0.29, 0.717) is 17.3 Å². The van der Waals surface area contributed by atoms with Gasteiger partial charge in [0.2, 0.25) is 0 Å². The smallest absolute Gasteiger partial charge is 0.123 e. The fourth-order valence-electron chi connectivity index (χ4n) is 1.82. The lowest BCUT2D eigenvalue weighted by Gasteiger charge is -2.13. The average molecular weight is 308 g/mol. The molecule has 1 atom stereocenters. The number of aliphatic hydroxyl groups excluding tert-OH is 1. The summed E-state index contributed by atoms with van der Waals surface area (Å²) in [5.74, 6) is 1.46. The van der Waals surface area contributed by atoms with Crippen LogP contribution in [-0.2, 0) is 0 Å². The third-order valence-electron chi connectivity index (χ3n) is 2.98. The zero-order chi connectivity index (χ0) is 15.2. The van der Waals surface area contributed by atoms with E-state index in [1.54, 1.807) is 44.6 Å². The van der Waals surface area contributed by atoms with E-state index in [0.717, 1.165) is 10.5 Å². The van der Waals surface area contributed by atoms with Crippen LogP contribution in [0.25, 0.3) is 0 Å². The fourth-order valence-corrected chi connectivity index (χ4v) is 2.70. The third kappa shape index (κ3) is 4.37. The van der Waals surface area contributed by atoms with Gasteiger partial charge in [0.15, 0.2) is 0 Å². The Morgan fingerprint density at radius 3 is 2.14 bits per heavy atom. The minimum absolute atomic E-state index is 0.266. The second kappa shape index (κ2) is 7.33. The second-order valence-electron chi connectivity index (χ2n) is 4.43. The molecule has 5 heteroatoms. The highest BCUT2D eigenvalue weighted by Gasteiger charge is 2.11. The van der Waals surface area contributed by atoms with E-state index in [1.165, 1.54) is 23.9 Å². The maximum atomic E-state index is 12.8. The molecule has 3 nitrogen and oxygen atoms in total. The SMILES string of the molecule is COc1cc(OC)cc(C(O)CSc2ccc(F)cc2)c1. The molecule has 0 radical (unpaired) electrons. The first kappa shape index (κ1) is 15.7. The highest BCUT2D eigenvalue weighted by Crippen LogP contribution is 2.30. The van der Waals surface area contributed by atoms with Gasteiger partial charge in [-0.25, -0.2) is 4.39 Å². The van der Waals surface area contributed by atoms with Crippen molar-refractivity contribution in [2.75, 3.05) is 20.0 Å². The first-order chi connectivity index (χ1) is 10.1. The summed E-state index contributed by atoms with van der Waals surface area (Å²) in [6.45, 7) is 0. The van der Waals surface area contributed by atoms with Crippen molar-refractivity contribution in [2.24, 2.45) is 0 Å². The Kier molecular flexibility index (Phi) is 5.47. The minimum atomic E-state index is -0.663. The summed E-state index contributed by atoms with van der Waals surface area (Å²) < 4.78 is 23.2. The van der Waals surface area contributed by atoms with Crippen molar-refractivity contribution in [3.63, 3.8) is 0 Å². The van der Waals surface area contributed by atoms with E-state index in [1.807, 2.05) is 0 Å². The van der Waals surface area contributed by atoms with Crippen LogP contribution in [0.5, 0.6) is 11.5 Å². The molecule has 0 heterocycles. The third-order valence-corrected chi connectivity index (χ3v) is 4.07. The molecule has 0 saturated carbocycles. The molecule has 0 aromatic heterocycles. The molecule has 21 heavy (non-hydrogen) atoms. The Morgan fingerprint density at radius 2 is 1.62 bits per heavy atom. The summed E-state index contributed by atoms with van der Waals surface area (Å²) in [5.41, 5.74) is 0.723.